The van der Waals surface area contributed by atoms with Gasteiger partial charge >= 0.3 is 5.97 Å². The first-order chi connectivity index (χ1) is 16.7. The monoisotopic (exact) mass is 452 g/mol. The molecule has 1 aliphatic carbocycles. The Balaban J connectivity index is 1.14. The molecule has 0 saturated heterocycles. The fourth-order valence-electron chi connectivity index (χ4n) is 4.68. The van der Waals surface area contributed by atoms with Gasteiger partial charge in [0.15, 0.2) is 0 Å². The van der Waals surface area contributed by atoms with Crippen LogP contribution in [0.4, 0.5) is 0 Å². The first-order valence-corrected chi connectivity index (χ1v) is 11.8. The van der Waals surface area contributed by atoms with Crippen LogP contribution in [0.5, 0.6) is 0 Å². The number of pyridine rings is 1. The van der Waals surface area contributed by atoms with Crippen molar-refractivity contribution in [1.29, 1.82) is 0 Å². The van der Waals surface area contributed by atoms with Gasteiger partial charge in [-0.25, -0.2) is 4.79 Å². The Morgan fingerprint density at radius 1 is 0.971 bits per heavy atom. The number of aromatic nitrogens is 3. The molecule has 1 aliphatic rings. The fraction of sp³-hybridized carbons (Fsp3) is 0.250. The summed E-state index contributed by atoms with van der Waals surface area (Å²) in [5, 5.41) is 18.0. The van der Waals surface area contributed by atoms with E-state index in [1.54, 1.807) is 10.9 Å². The number of hydrogen-bond donors (Lipinski definition) is 2. The van der Waals surface area contributed by atoms with Crippen molar-refractivity contribution >= 4 is 5.97 Å². The molecule has 0 unspecified atom stereocenters. The highest BCUT2D eigenvalue weighted by Gasteiger charge is 2.27. The Morgan fingerprint density at radius 2 is 1.76 bits per heavy atom. The molecule has 2 aromatic heterocycles. The van der Waals surface area contributed by atoms with Gasteiger partial charge in [-0.2, -0.15) is 5.10 Å². The average Bonchev–Trinajstić information content (AvgIpc) is 3.26. The molecule has 172 valence electrons. The molecule has 5 rings (SSSR count). The average molecular weight is 453 g/mol. The molecule has 6 heteroatoms. The molecule has 2 aromatic carbocycles. The van der Waals surface area contributed by atoms with Crippen LogP contribution >= 0.6 is 0 Å². The molecule has 4 aromatic rings. The van der Waals surface area contributed by atoms with E-state index in [9.17, 15) is 9.90 Å². The van der Waals surface area contributed by atoms with E-state index in [1.165, 1.54) is 16.7 Å². The lowest BCUT2D eigenvalue weighted by atomic mass is 9.90. The lowest BCUT2D eigenvalue weighted by Crippen LogP contribution is -2.21. The van der Waals surface area contributed by atoms with E-state index in [0.29, 0.717) is 18.7 Å². The van der Waals surface area contributed by atoms with Gasteiger partial charge in [0.1, 0.15) is 5.69 Å². The minimum absolute atomic E-state index is 0.330. The van der Waals surface area contributed by atoms with Crippen molar-refractivity contribution in [3.05, 3.63) is 95.4 Å². The second kappa shape index (κ2) is 10.0. The first-order valence-electron chi connectivity index (χ1n) is 11.8. The Hall–Kier alpha value is -3.77. The SMILES string of the molecule is O=C(O)c1c2c(nn1CCCNCCc1ccc(-c3ccccc3)cc1)-c1ccncc1CC2. The summed E-state index contributed by atoms with van der Waals surface area (Å²) in [4.78, 5) is 16.2. The van der Waals surface area contributed by atoms with Crippen molar-refractivity contribution in [2.45, 2.75) is 32.2 Å². The minimum atomic E-state index is -0.904. The predicted octanol–water partition coefficient (Wildman–Crippen LogP) is 4.63. The first kappa shape index (κ1) is 22.0. The van der Waals surface area contributed by atoms with E-state index in [0.717, 1.165) is 54.7 Å². The summed E-state index contributed by atoms with van der Waals surface area (Å²) in [5.41, 5.74) is 7.87. The van der Waals surface area contributed by atoms with Gasteiger partial charge in [0.05, 0.1) is 5.69 Å². The van der Waals surface area contributed by atoms with Crippen LogP contribution in [0, 0.1) is 0 Å². The van der Waals surface area contributed by atoms with Gasteiger partial charge in [0.25, 0.3) is 0 Å². The molecule has 0 atom stereocenters. The fourth-order valence-corrected chi connectivity index (χ4v) is 4.68. The van der Waals surface area contributed by atoms with Crippen LogP contribution in [0.3, 0.4) is 0 Å². The molecule has 0 aliphatic heterocycles. The maximum Gasteiger partial charge on any atom is 0.354 e. The van der Waals surface area contributed by atoms with E-state index in [1.807, 2.05) is 18.3 Å². The van der Waals surface area contributed by atoms with Gasteiger partial charge in [-0.3, -0.25) is 9.67 Å². The van der Waals surface area contributed by atoms with Gasteiger partial charge in [-0.05, 0) is 67.1 Å². The van der Waals surface area contributed by atoms with Crippen LogP contribution in [-0.4, -0.2) is 38.9 Å². The number of aromatic carboxylic acids is 1. The largest absolute Gasteiger partial charge is 0.477 e. The number of hydrogen-bond acceptors (Lipinski definition) is 4. The second-order valence-electron chi connectivity index (χ2n) is 8.65. The highest BCUT2D eigenvalue weighted by Crippen LogP contribution is 2.34. The molecule has 2 N–H and O–H groups in total. The number of fused-ring (bicyclic) bond motifs is 3. The summed E-state index contributed by atoms with van der Waals surface area (Å²) >= 11 is 0. The maximum atomic E-state index is 12.0. The van der Waals surface area contributed by atoms with Gasteiger partial charge in [-0.1, -0.05) is 54.6 Å². The third-order valence-corrected chi connectivity index (χ3v) is 6.43. The van der Waals surface area contributed by atoms with E-state index in [-0.39, 0.29) is 0 Å². The summed E-state index contributed by atoms with van der Waals surface area (Å²) in [6.45, 7) is 2.27. The summed E-state index contributed by atoms with van der Waals surface area (Å²) < 4.78 is 1.67. The number of nitrogens with zero attached hydrogens (tertiary/aromatic N) is 3. The molecule has 0 bridgehead atoms. The number of rotatable bonds is 9. The lowest BCUT2D eigenvalue weighted by Gasteiger charge is -2.14. The zero-order chi connectivity index (χ0) is 23.3. The predicted molar refractivity (Wildman–Crippen MR) is 133 cm³/mol. The third-order valence-electron chi connectivity index (χ3n) is 6.43. The van der Waals surface area contributed by atoms with Crippen molar-refractivity contribution in [2.75, 3.05) is 13.1 Å². The molecule has 0 fully saturated rings. The number of nitrogens with one attached hydrogen (secondary N) is 1. The van der Waals surface area contributed by atoms with Crippen LogP contribution in [-0.2, 0) is 25.8 Å². The molecule has 6 nitrogen and oxygen atoms in total. The summed E-state index contributed by atoms with van der Waals surface area (Å²) in [5.74, 6) is -0.904. The van der Waals surface area contributed by atoms with Crippen LogP contribution in [0.25, 0.3) is 22.4 Å². The Kier molecular flexibility index (Phi) is 6.49. The maximum absolute atomic E-state index is 12.0. The molecular weight excluding hydrogens is 424 g/mol. The highest BCUT2D eigenvalue weighted by atomic mass is 16.4. The zero-order valence-corrected chi connectivity index (χ0v) is 19.1. The van der Waals surface area contributed by atoms with Crippen molar-refractivity contribution in [1.82, 2.24) is 20.1 Å². The molecule has 0 saturated carbocycles. The summed E-state index contributed by atoms with van der Waals surface area (Å²) in [7, 11) is 0. The molecule has 0 spiro atoms. The summed E-state index contributed by atoms with van der Waals surface area (Å²) in [6, 6.07) is 21.0. The molecule has 0 amide bonds. The second-order valence-corrected chi connectivity index (χ2v) is 8.65. The smallest absolute Gasteiger partial charge is 0.354 e. The zero-order valence-electron chi connectivity index (χ0n) is 19.1. The number of carboxylic acid groups (broad SMARTS) is 1. The van der Waals surface area contributed by atoms with Crippen molar-refractivity contribution in [3.8, 4) is 22.4 Å². The van der Waals surface area contributed by atoms with Crippen molar-refractivity contribution in [2.24, 2.45) is 0 Å². The number of aryl methyl sites for hydroxylation is 2. The van der Waals surface area contributed by atoms with Crippen LogP contribution in [0.15, 0.2) is 73.1 Å². The van der Waals surface area contributed by atoms with Gasteiger partial charge in [0.2, 0.25) is 0 Å². The quantitative estimate of drug-likeness (QED) is 0.362. The van der Waals surface area contributed by atoms with E-state index in [2.05, 4.69) is 58.8 Å². The minimum Gasteiger partial charge on any atom is -0.477 e. The van der Waals surface area contributed by atoms with Crippen LogP contribution in [0.2, 0.25) is 0 Å². The van der Waals surface area contributed by atoms with Crippen molar-refractivity contribution in [3.63, 3.8) is 0 Å². The van der Waals surface area contributed by atoms with Gasteiger partial charge in [-0.15, -0.1) is 0 Å². The van der Waals surface area contributed by atoms with E-state index < -0.39 is 5.97 Å². The Morgan fingerprint density at radius 3 is 2.56 bits per heavy atom. The number of carboxylic acids is 1. The molecule has 34 heavy (non-hydrogen) atoms. The van der Waals surface area contributed by atoms with Crippen molar-refractivity contribution < 1.29 is 9.90 Å². The van der Waals surface area contributed by atoms with Crippen LogP contribution in [0.1, 0.15) is 33.6 Å². The lowest BCUT2D eigenvalue weighted by molar-refractivity contribution is 0.0681. The van der Waals surface area contributed by atoms with Gasteiger partial charge in [0, 0.05) is 30.1 Å². The topological polar surface area (TPSA) is 80.0 Å². The molecule has 2 heterocycles. The standard InChI is InChI=1S/C28H28N4O2/c33-28(34)27-25-12-11-23-19-30-17-14-24(23)26(25)31-32(27)18-4-15-29-16-13-20-7-9-22(10-8-20)21-5-2-1-3-6-21/h1-3,5-10,14,17,19,29H,4,11-13,15-16,18H2,(H,33,34). The van der Waals surface area contributed by atoms with Gasteiger partial charge < -0.3 is 10.4 Å². The Labute approximate surface area is 199 Å². The highest BCUT2D eigenvalue weighted by molar-refractivity contribution is 5.90. The van der Waals surface area contributed by atoms with E-state index >= 15 is 0 Å². The third kappa shape index (κ3) is 4.63. The number of carbonyl (C=O) groups is 1. The normalized spacial score (nSPS) is 12.2. The summed E-state index contributed by atoms with van der Waals surface area (Å²) in [6.07, 6.45) is 6.86. The van der Waals surface area contributed by atoms with E-state index in [4.69, 9.17) is 5.10 Å². The van der Waals surface area contributed by atoms with Crippen LogP contribution < -0.4 is 5.32 Å². The number of benzene rings is 2. The molecular formula is C28H28N4O2. The molecule has 0 radical (unpaired) electrons. The Bertz CT molecular complexity index is 1280.